The predicted octanol–water partition coefficient (Wildman–Crippen LogP) is 0.798. The molecule has 2 atom stereocenters. The van der Waals surface area contributed by atoms with Crippen molar-refractivity contribution in [1.29, 1.82) is 0 Å². The Balaban J connectivity index is 1.83. The lowest BCUT2D eigenvalue weighted by atomic mass is 10.1. The maximum Gasteiger partial charge on any atom is 0.255 e. The number of aliphatic hydroxyl groups excluding tert-OH is 1. The summed E-state index contributed by atoms with van der Waals surface area (Å²) in [6.07, 6.45) is 3.00. The van der Waals surface area contributed by atoms with Crippen molar-refractivity contribution in [2.45, 2.75) is 18.6 Å². The third kappa shape index (κ3) is 1.78. The van der Waals surface area contributed by atoms with Crippen LogP contribution < -0.4 is 5.32 Å². The number of amides is 1. The second-order valence-electron chi connectivity index (χ2n) is 4.41. The maximum atomic E-state index is 11.9. The molecular weight excluding hydrogens is 230 g/mol. The predicted molar refractivity (Wildman–Crippen MR) is 64.9 cm³/mol. The largest absolute Gasteiger partial charge is 0.390 e. The van der Waals surface area contributed by atoms with E-state index in [0.717, 1.165) is 11.1 Å². The van der Waals surface area contributed by atoms with Gasteiger partial charge in [-0.2, -0.15) is 5.10 Å². The Labute approximate surface area is 104 Å². The highest BCUT2D eigenvalue weighted by Gasteiger charge is 2.32. The number of nitrogens with zero attached hydrogens (tertiary/aromatic N) is 1. The van der Waals surface area contributed by atoms with Crippen LogP contribution in [-0.4, -0.2) is 27.3 Å². The normalized spacial score (nSPS) is 21.6. The molecule has 0 unspecified atom stereocenters. The Bertz CT molecular complexity index is 565. The zero-order chi connectivity index (χ0) is 12.5. The molecule has 1 aliphatic rings. The minimum absolute atomic E-state index is 0.232. The summed E-state index contributed by atoms with van der Waals surface area (Å²) in [5.74, 6) is -0.232. The molecule has 3 rings (SSSR count). The van der Waals surface area contributed by atoms with Crippen LogP contribution in [0.15, 0.2) is 36.7 Å². The number of benzene rings is 1. The van der Waals surface area contributed by atoms with E-state index in [1.165, 1.54) is 12.4 Å². The third-order valence-electron chi connectivity index (χ3n) is 3.25. The summed E-state index contributed by atoms with van der Waals surface area (Å²) in [5, 5.41) is 19.2. The molecule has 0 saturated heterocycles. The Morgan fingerprint density at radius 2 is 2.28 bits per heavy atom. The van der Waals surface area contributed by atoms with Crippen molar-refractivity contribution in [2.24, 2.45) is 0 Å². The standard InChI is InChI=1S/C13H13N3O2/c17-11-5-8-3-1-2-4-10(8)12(11)16-13(18)9-6-14-15-7-9/h1-4,6-7,11-12,17H,5H2,(H,14,15)(H,16,18)/t11-,12+/m0/s1. The molecule has 1 aromatic carbocycles. The van der Waals surface area contributed by atoms with Crippen LogP contribution in [0.3, 0.4) is 0 Å². The fourth-order valence-corrected chi connectivity index (χ4v) is 2.35. The molecule has 0 aliphatic heterocycles. The Morgan fingerprint density at radius 3 is 3.06 bits per heavy atom. The smallest absolute Gasteiger partial charge is 0.255 e. The van der Waals surface area contributed by atoms with Crippen LogP contribution in [0.4, 0.5) is 0 Å². The average molecular weight is 243 g/mol. The molecule has 3 N–H and O–H groups in total. The summed E-state index contributed by atoms with van der Waals surface area (Å²) >= 11 is 0. The van der Waals surface area contributed by atoms with Gasteiger partial charge in [-0.15, -0.1) is 0 Å². The number of aromatic amines is 1. The quantitative estimate of drug-likeness (QED) is 0.730. The van der Waals surface area contributed by atoms with E-state index >= 15 is 0 Å². The number of carbonyl (C=O) groups is 1. The van der Waals surface area contributed by atoms with E-state index in [2.05, 4.69) is 15.5 Å². The molecule has 1 heterocycles. The first-order valence-electron chi connectivity index (χ1n) is 5.81. The number of rotatable bonds is 2. The minimum Gasteiger partial charge on any atom is -0.390 e. The highest BCUT2D eigenvalue weighted by Crippen LogP contribution is 2.31. The van der Waals surface area contributed by atoms with E-state index in [4.69, 9.17) is 0 Å². The molecule has 1 aliphatic carbocycles. The van der Waals surface area contributed by atoms with Gasteiger partial charge in [0.2, 0.25) is 0 Å². The lowest BCUT2D eigenvalue weighted by Gasteiger charge is -2.17. The molecule has 18 heavy (non-hydrogen) atoms. The number of hydrogen-bond acceptors (Lipinski definition) is 3. The van der Waals surface area contributed by atoms with Crippen LogP contribution in [0.2, 0.25) is 0 Å². The number of fused-ring (bicyclic) bond motifs is 1. The molecule has 5 nitrogen and oxygen atoms in total. The van der Waals surface area contributed by atoms with Gasteiger partial charge in [-0.05, 0) is 11.1 Å². The summed E-state index contributed by atoms with van der Waals surface area (Å²) in [6.45, 7) is 0. The van der Waals surface area contributed by atoms with Gasteiger partial charge in [0.1, 0.15) is 0 Å². The van der Waals surface area contributed by atoms with Crippen molar-refractivity contribution >= 4 is 5.91 Å². The van der Waals surface area contributed by atoms with Gasteiger partial charge in [0.05, 0.1) is 23.9 Å². The van der Waals surface area contributed by atoms with E-state index < -0.39 is 6.10 Å². The van der Waals surface area contributed by atoms with E-state index in [0.29, 0.717) is 12.0 Å². The second-order valence-corrected chi connectivity index (χ2v) is 4.41. The minimum atomic E-state index is -0.571. The van der Waals surface area contributed by atoms with E-state index in [1.54, 1.807) is 0 Å². The first kappa shape index (κ1) is 11.0. The van der Waals surface area contributed by atoms with Crippen LogP contribution in [0.25, 0.3) is 0 Å². The highest BCUT2D eigenvalue weighted by molar-refractivity contribution is 5.94. The van der Waals surface area contributed by atoms with E-state index in [1.807, 2.05) is 24.3 Å². The van der Waals surface area contributed by atoms with Gasteiger partial charge in [-0.25, -0.2) is 0 Å². The lowest BCUT2D eigenvalue weighted by molar-refractivity contribution is 0.0858. The summed E-state index contributed by atoms with van der Waals surface area (Å²) in [6, 6.07) is 7.41. The van der Waals surface area contributed by atoms with Crippen molar-refractivity contribution in [3.63, 3.8) is 0 Å². The molecule has 1 amide bonds. The van der Waals surface area contributed by atoms with Gasteiger partial charge in [0.15, 0.2) is 0 Å². The molecule has 5 heteroatoms. The fraction of sp³-hybridized carbons (Fsp3) is 0.231. The van der Waals surface area contributed by atoms with Crippen molar-refractivity contribution in [2.75, 3.05) is 0 Å². The lowest BCUT2D eigenvalue weighted by Crippen LogP contribution is -2.33. The number of aromatic nitrogens is 2. The van der Waals surface area contributed by atoms with Gasteiger partial charge in [-0.1, -0.05) is 24.3 Å². The molecule has 0 saturated carbocycles. The first-order chi connectivity index (χ1) is 8.75. The molecule has 92 valence electrons. The number of nitrogens with one attached hydrogen (secondary N) is 2. The molecular formula is C13H13N3O2. The van der Waals surface area contributed by atoms with Gasteiger partial charge in [0, 0.05) is 12.6 Å². The zero-order valence-electron chi connectivity index (χ0n) is 9.63. The van der Waals surface area contributed by atoms with Crippen LogP contribution in [0, 0.1) is 0 Å². The summed E-state index contributed by atoms with van der Waals surface area (Å²) < 4.78 is 0. The SMILES string of the molecule is O=C(N[C@@H]1c2ccccc2C[C@@H]1O)c1cn[nH]c1. The van der Waals surface area contributed by atoms with Gasteiger partial charge >= 0.3 is 0 Å². The van der Waals surface area contributed by atoms with Crippen LogP contribution >= 0.6 is 0 Å². The average Bonchev–Trinajstić information content (AvgIpc) is 2.98. The summed E-state index contributed by atoms with van der Waals surface area (Å²) in [7, 11) is 0. The number of aliphatic hydroxyl groups is 1. The summed E-state index contributed by atoms with van der Waals surface area (Å²) in [4.78, 5) is 11.9. The number of hydrogen-bond donors (Lipinski definition) is 3. The topological polar surface area (TPSA) is 78.0 Å². The van der Waals surface area contributed by atoms with Crippen LogP contribution in [0.1, 0.15) is 27.5 Å². The van der Waals surface area contributed by atoms with Gasteiger partial charge in [-0.3, -0.25) is 9.89 Å². The fourth-order valence-electron chi connectivity index (χ4n) is 2.35. The van der Waals surface area contributed by atoms with Gasteiger partial charge in [0.25, 0.3) is 5.91 Å². The van der Waals surface area contributed by atoms with Crippen molar-refractivity contribution in [3.8, 4) is 0 Å². The van der Waals surface area contributed by atoms with Crippen LogP contribution in [0.5, 0.6) is 0 Å². The molecule has 0 radical (unpaired) electrons. The van der Waals surface area contributed by atoms with Crippen molar-refractivity contribution in [3.05, 3.63) is 53.3 Å². The molecule has 1 aromatic heterocycles. The monoisotopic (exact) mass is 243 g/mol. The second kappa shape index (κ2) is 4.27. The number of H-pyrrole nitrogens is 1. The zero-order valence-corrected chi connectivity index (χ0v) is 9.63. The Hall–Kier alpha value is -2.14. The molecule has 0 bridgehead atoms. The molecule has 0 spiro atoms. The third-order valence-corrected chi connectivity index (χ3v) is 3.25. The first-order valence-corrected chi connectivity index (χ1v) is 5.81. The van der Waals surface area contributed by atoms with Gasteiger partial charge < -0.3 is 10.4 Å². The van der Waals surface area contributed by atoms with E-state index in [9.17, 15) is 9.90 Å². The molecule has 2 aromatic rings. The Morgan fingerprint density at radius 1 is 1.44 bits per heavy atom. The molecule has 0 fully saturated rings. The summed E-state index contributed by atoms with van der Waals surface area (Å²) in [5.41, 5.74) is 2.54. The van der Waals surface area contributed by atoms with Crippen molar-refractivity contribution < 1.29 is 9.90 Å². The Kier molecular flexibility index (Phi) is 2.60. The maximum absolute atomic E-state index is 11.9. The van der Waals surface area contributed by atoms with Crippen molar-refractivity contribution in [1.82, 2.24) is 15.5 Å². The highest BCUT2D eigenvalue weighted by atomic mass is 16.3. The van der Waals surface area contributed by atoms with Crippen LogP contribution in [-0.2, 0) is 6.42 Å². The number of carbonyl (C=O) groups excluding carboxylic acids is 1. The van der Waals surface area contributed by atoms with E-state index in [-0.39, 0.29) is 11.9 Å².